The van der Waals surface area contributed by atoms with Gasteiger partial charge in [0.1, 0.15) is 21.7 Å². The summed E-state index contributed by atoms with van der Waals surface area (Å²) in [6, 6.07) is 34.5. The monoisotopic (exact) mass is 611 g/mol. The van der Waals surface area contributed by atoms with Crippen molar-refractivity contribution in [3.05, 3.63) is 123 Å². The Kier molecular flexibility index (Phi) is 7.89. The van der Waals surface area contributed by atoms with Crippen LogP contribution in [0.2, 0.25) is 10.0 Å². The van der Waals surface area contributed by atoms with Gasteiger partial charge in [-0.15, -0.1) is 11.3 Å². The van der Waals surface area contributed by atoms with Gasteiger partial charge in [0.05, 0.1) is 21.6 Å². The van der Waals surface area contributed by atoms with Crippen molar-refractivity contribution in [2.45, 2.75) is 0 Å². The zero-order chi connectivity index (χ0) is 28.2. The molecule has 0 unspecified atom stereocenters. The quantitative estimate of drug-likeness (QED) is 0.147. The maximum atomic E-state index is 10.5. The molecule has 0 radical (unpaired) electrons. The number of nitrogens with zero attached hydrogens (tertiary/aromatic N) is 5. The molecule has 1 fully saturated rings. The summed E-state index contributed by atoms with van der Waals surface area (Å²) in [4.78, 5) is 6.69. The van der Waals surface area contributed by atoms with Crippen LogP contribution in [0.3, 0.4) is 0 Å². The number of benzene rings is 4. The molecule has 1 aliphatic heterocycles. The second-order valence-electron chi connectivity index (χ2n) is 8.64. The predicted octanol–water partition coefficient (Wildman–Crippen LogP) is 8.90. The van der Waals surface area contributed by atoms with E-state index >= 15 is 0 Å². The van der Waals surface area contributed by atoms with Crippen LogP contribution in [0, 0.1) is 11.3 Å². The van der Waals surface area contributed by atoms with E-state index < -0.39 is 0 Å². The third kappa shape index (κ3) is 5.92. The van der Waals surface area contributed by atoms with Gasteiger partial charge in [0.15, 0.2) is 10.9 Å². The van der Waals surface area contributed by atoms with Crippen LogP contribution in [-0.2, 0) is 0 Å². The van der Waals surface area contributed by atoms with Crippen molar-refractivity contribution in [3.8, 4) is 6.07 Å². The van der Waals surface area contributed by atoms with Gasteiger partial charge in [0.2, 0.25) is 0 Å². The minimum atomic E-state index is 0.427. The number of nitriles is 1. The van der Waals surface area contributed by atoms with Crippen LogP contribution in [0.4, 0.5) is 17.1 Å². The normalized spacial score (nSPS) is 16.3. The minimum absolute atomic E-state index is 0.427. The number of thioether (sulfide) groups is 1. The summed E-state index contributed by atoms with van der Waals surface area (Å²) in [5, 5.41) is 23.0. The van der Waals surface area contributed by atoms with Gasteiger partial charge < -0.3 is 0 Å². The third-order valence-corrected chi connectivity index (χ3v) is 8.52. The Labute approximate surface area is 254 Å². The van der Waals surface area contributed by atoms with E-state index in [9.17, 15) is 5.26 Å². The first kappa shape index (κ1) is 26.9. The lowest BCUT2D eigenvalue weighted by Crippen LogP contribution is -2.28. The maximum Gasteiger partial charge on any atom is 0.193 e. The fraction of sp³-hybridized carbons (Fsp3) is 0. The van der Waals surface area contributed by atoms with Gasteiger partial charge in [0.25, 0.3) is 0 Å². The minimum Gasteiger partial charge on any atom is -0.284 e. The molecule has 0 spiro atoms. The highest BCUT2D eigenvalue weighted by atomic mass is 35.5. The Bertz CT molecular complexity index is 1810. The van der Waals surface area contributed by atoms with Crippen molar-refractivity contribution >= 4 is 90.0 Å². The van der Waals surface area contributed by atoms with Crippen LogP contribution in [0.25, 0.3) is 15.8 Å². The zero-order valence-electron chi connectivity index (χ0n) is 21.1. The lowest BCUT2D eigenvalue weighted by molar-refractivity contribution is 1.26. The Balaban J connectivity index is 1.50. The molecule has 0 saturated carbocycles. The van der Waals surface area contributed by atoms with Gasteiger partial charge in [-0.1, -0.05) is 53.5 Å². The molecule has 1 aliphatic rings. The van der Waals surface area contributed by atoms with Gasteiger partial charge in [-0.05, 0) is 84.6 Å². The summed E-state index contributed by atoms with van der Waals surface area (Å²) in [5.74, 6) is 0.501. The van der Waals surface area contributed by atoms with E-state index in [1.165, 1.54) is 23.1 Å². The molecule has 6 rings (SSSR count). The van der Waals surface area contributed by atoms with E-state index in [1.807, 2.05) is 83.8 Å². The molecule has 0 atom stereocenters. The number of amidine groups is 1. The number of para-hydroxylation sites is 2. The number of aromatic nitrogens is 1. The van der Waals surface area contributed by atoms with Gasteiger partial charge in [-0.2, -0.15) is 15.5 Å². The standard InChI is InChI=1S/C30H19Cl2N7S2/c31-19-10-14-21(15-11-19)35-37-27-29(38-36-22-16-12-20(32)13-17-22)41-30(39(27)23-6-2-1-3-7-23)24(18-33)28-34-25-8-4-5-9-26(25)40-28/h1-17,35-36H/b30-24+,37-27-,38-29-. The van der Waals surface area contributed by atoms with Gasteiger partial charge >= 0.3 is 0 Å². The van der Waals surface area contributed by atoms with E-state index in [0.29, 0.717) is 36.5 Å². The first-order valence-corrected chi connectivity index (χ1v) is 14.7. The summed E-state index contributed by atoms with van der Waals surface area (Å²) >= 11 is 15.0. The average molecular weight is 613 g/mol. The summed E-state index contributed by atoms with van der Waals surface area (Å²) < 4.78 is 1.00. The second kappa shape index (κ2) is 12.0. The van der Waals surface area contributed by atoms with Crippen molar-refractivity contribution in [1.82, 2.24) is 4.98 Å². The molecule has 1 aromatic heterocycles. The SMILES string of the molecule is N#C/C(=C1\SC(=N\Nc2ccc(Cl)cc2)/C(=N/Nc2ccc(Cl)cc2)N1c1ccccc1)c1nc2ccccc2s1. The first-order valence-electron chi connectivity index (χ1n) is 12.3. The molecule has 0 bridgehead atoms. The van der Waals surface area contributed by atoms with Gasteiger partial charge in [-0.3, -0.25) is 15.8 Å². The van der Waals surface area contributed by atoms with Crippen molar-refractivity contribution < 1.29 is 0 Å². The molecule has 41 heavy (non-hydrogen) atoms. The van der Waals surface area contributed by atoms with Crippen molar-refractivity contribution in [2.75, 3.05) is 15.8 Å². The number of hydrazone groups is 2. The highest BCUT2D eigenvalue weighted by Gasteiger charge is 2.37. The van der Waals surface area contributed by atoms with Crippen molar-refractivity contribution in [2.24, 2.45) is 10.2 Å². The number of hydrogen-bond donors (Lipinski definition) is 2. The van der Waals surface area contributed by atoms with Crippen LogP contribution in [0.5, 0.6) is 0 Å². The molecule has 1 saturated heterocycles. The molecule has 7 nitrogen and oxygen atoms in total. The van der Waals surface area contributed by atoms with Crippen LogP contribution >= 0.6 is 46.3 Å². The number of thiazole rings is 1. The third-order valence-electron chi connectivity index (χ3n) is 5.91. The summed E-state index contributed by atoms with van der Waals surface area (Å²) in [6.07, 6.45) is 0. The number of hydrogen-bond acceptors (Lipinski definition) is 8. The van der Waals surface area contributed by atoms with E-state index in [-0.39, 0.29) is 0 Å². The highest BCUT2D eigenvalue weighted by Crippen LogP contribution is 2.42. The number of anilines is 3. The highest BCUT2D eigenvalue weighted by molar-refractivity contribution is 8.20. The van der Waals surface area contributed by atoms with E-state index in [1.54, 1.807) is 24.3 Å². The van der Waals surface area contributed by atoms with Crippen molar-refractivity contribution in [3.63, 3.8) is 0 Å². The molecule has 4 aromatic carbocycles. The lowest BCUT2D eigenvalue weighted by atomic mass is 10.2. The molecule has 0 aliphatic carbocycles. The number of nitrogens with one attached hydrogen (secondary N) is 2. The summed E-state index contributed by atoms with van der Waals surface area (Å²) in [7, 11) is 0. The molecule has 0 amide bonds. The number of halogens is 2. The van der Waals surface area contributed by atoms with E-state index in [4.69, 9.17) is 38.4 Å². The Morgan fingerprint density at radius 3 is 2.02 bits per heavy atom. The fourth-order valence-corrected chi connectivity index (χ4v) is 6.28. The first-order chi connectivity index (χ1) is 20.1. The second-order valence-corrected chi connectivity index (χ2v) is 11.5. The topological polar surface area (TPSA) is 88.7 Å². The van der Waals surface area contributed by atoms with Gasteiger partial charge in [0, 0.05) is 15.7 Å². The number of rotatable bonds is 6. The van der Waals surface area contributed by atoms with Crippen LogP contribution < -0.4 is 15.8 Å². The summed E-state index contributed by atoms with van der Waals surface area (Å²) in [5.41, 5.74) is 9.80. The molecular weight excluding hydrogens is 593 g/mol. The van der Waals surface area contributed by atoms with Crippen molar-refractivity contribution in [1.29, 1.82) is 5.26 Å². The molecule has 2 heterocycles. The largest absolute Gasteiger partial charge is 0.284 e. The fourth-order valence-electron chi connectivity index (χ4n) is 3.97. The van der Waals surface area contributed by atoms with E-state index in [0.717, 1.165) is 27.3 Å². The molecule has 11 heteroatoms. The Morgan fingerprint density at radius 1 is 0.780 bits per heavy atom. The maximum absolute atomic E-state index is 10.5. The smallest absolute Gasteiger partial charge is 0.193 e. The van der Waals surface area contributed by atoms with Crippen LogP contribution in [0.1, 0.15) is 5.01 Å². The molecule has 200 valence electrons. The average Bonchev–Trinajstić information content (AvgIpc) is 3.59. The van der Waals surface area contributed by atoms with E-state index in [2.05, 4.69) is 16.9 Å². The predicted molar refractivity (Wildman–Crippen MR) is 174 cm³/mol. The van der Waals surface area contributed by atoms with Crippen LogP contribution in [-0.4, -0.2) is 15.9 Å². The van der Waals surface area contributed by atoms with Crippen LogP contribution in [0.15, 0.2) is 118 Å². The summed E-state index contributed by atoms with van der Waals surface area (Å²) in [6.45, 7) is 0. The Morgan fingerprint density at radius 2 is 1.39 bits per heavy atom. The molecular formula is C30H19Cl2N7S2. The number of allylic oxidation sites excluding steroid dienone is 1. The lowest BCUT2D eigenvalue weighted by Gasteiger charge is -2.20. The molecule has 2 N–H and O–H groups in total. The number of fused-ring (bicyclic) bond motifs is 1. The molecule has 5 aromatic rings. The zero-order valence-corrected chi connectivity index (χ0v) is 24.3. The Hall–Kier alpha value is -4.33. The van der Waals surface area contributed by atoms with Gasteiger partial charge in [-0.25, -0.2) is 4.98 Å².